The Morgan fingerprint density at radius 3 is 2.67 bits per heavy atom. The number of benzene rings is 1. The number of para-hydroxylation sites is 1. The molecule has 0 fully saturated rings. The number of hydrogen-bond acceptors (Lipinski definition) is 2. The Kier molecular flexibility index (Phi) is 4.15. The van der Waals surface area contributed by atoms with Crippen LogP contribution in [0.2, 0.25) is 0 Å². The van der Waals surface area contributed by atoms with Gasteiger partial charge in [0.1, 0.15) is 0 Å². The normalized spacial score (nSPS) is 11.3. The Morgan fingerprint density at radius 2 is 1.94 bits per heavy atom. The van der Waals surface area contributed by atoms with Gasteiger partial charge >= 0.3 is 0 Å². The van der Waals surface area contributed by atoms with E-state index in [-0.39, 0.29) is 5.78 Å². The third-order valence-corrected chi connectivity index (χ3v) is 3.44. The molecule has 0 spiro atoms. The van der Waals surface area contributed by atoms with Gasteiger partial charge in [-0.05, 0) is 19.2 Å². The van der Waals surface area contributed by atoms with Crippen molar-refractivity contribution >= 4 is 16.7 Å². The van der Waals surface area contributed by atoms with E-state index in [1.165, 1.54) is 0 Å². The van der Waals surface area contributed by atoms with Gasteiger partial charge in [-0.2, -0.15) is 0 Å². The van der Waals surface area contributed by atoms with Crippen molar-refractivity contribution in [2.24, 2.45) is 0 Å². The van der Waals surface area contributed by atoms with Crippen LogP contribution in [0.25, 0.3) is 10.9 Å². The molecule has 1 aromatic carbocycles. The second-order valence-electron chi connectivity index (χ2n) is 4.45. The maximum Gasteiger partial charge on any atom is 0.166 e. The molecule has 0 aliphatic carbocycles. The molecule has 0 amide bonds. The molecule has 3 heteroatoms. The third kappa shape index (κ3) is 2.62. The Bertz CT molecular complexity index is 526. The van der Waals surface area contributed by atoms with Crippen molar-refractivity contribution in [2.45, 2.75) is 20.3 Å². The highest BCUT2D eigenvalue weighted by atomic mass is 16.1. The van der Waals surface area contributed by atoms with Gasteiger partial charge in [-0.25, -0.2) is 0 Å². The molecule has 0 saturated heterocycles. The summed E-state index contributed by atoms with van der Waals surface area (Å²) in [5.41, 5.74) is 1.85. The third-order valence-electron chi connectivity index (χ3n) is 3.44. The van der Waals surface area contributed by atoms with Gasteiger partial charge in [-0.1, -0.05) is 32.0 Å². The van der Waals surface area contributed by atoms with Crippen LogP contribution < -0.4 is 0 Å². The van der Waals surface area contributed by atoms with E-state index in [0.717, 1.165) is 36.1 Å². The average Bonchev–Trinajstić information content (AvgIpc) is 2.83. The molecule has 0 bridgehead atoms. The Hall–Kier alpha value is -1.61. The lowest BCUT2D eigenvalue weighted by molar-refractivity contribution is 0.0968. The van der Waals surface area contributed by atoms with E-state index in [2.05, 4.69) is 23.7 Å². The molecule has 18 heavy (non-hydrogen) atoms. The first-order chi connectivity index (χ1) is 8.76. The van der Waals surface area contributed by atoms with Crippen molar-refractivity contribution in [1.29, 1.82) is 0 Å². The van der Waals surface area contributed by atoms with Gasteiger partial charge in [0, 0.05) is 35.6 Å². The van der Waals surface area contributed by atoms with E-state index in [4.69, 9.17) is 0 Å². The number of aromatic nitrogens is 1. The van der Waals surface area contributed by atoms with E-state index in [9.17, 15) is 4.79 Å². The molecule has 1 N–H and O–H groups in total. The van der Waals surface area contributed by atoms with Gasteiger partial charge in [-0.3, -0.25) is 4.79 Å². The number of rotatable bonds is 6. The maximum atomic E-state index is 12.2. The van der Waals surface area contributed by atoms with Crippen LogP contribution in [0.1, 0.15) is 30.6 Å². The van der Waals surface area contributed by atoms with Crippen molar-refractivity contribution in [3.05, 3.63) is 36.0 Å². The summed E-state index contributed by atoms with van der Waals surface area (Å²) in [6.45, 7) is 7.08. The van der Waals surface area contributed by atoms with E-state index >= 15 is 0 Å². The second-order valence-corrected chi connectivity index (χ2v) is 4.45. The smallest absolute Gasteiger partial charge is 0.166 e. The van der Waals surface area contributed by atoms with Crippen LogP contribution in [-0.4, -0.2) is 35.3 Å². The van der Waals surface area contributed by atoms with Crippen molar-refractivity contribution in [2.75, 3.05) is 19.6 Å². The Morgan fingerprint density at radius 1 is 1.22 bits per heavy atom. The number of nitrogens with one attached hydrogen (secondary N) is 1. The van der Waals surface area contributed by atoms with Gasteiger partial charge in [0.15, 0.2) is 5.78 Å². The number of H-pyrrole nitrogens is 1. The first-order valence-electron chi connectivity index (χ1n) is 6.58. The van der Waals surface area contributed by atoms with Crippen LogP contribution in [0.4, 0.5) is 0 Å². The predicted octanol–water partition coefficient (Wildman–Crippen LogP) is 3.08. The fourth-order valence-electron chi connectivity index (χ4n) is 2.24. The van der Waals surface area contributed by atoms with E-state index in [1.807, 2.05) is 30.5 Å². The number of hydrogen-bond donors (Lipinski definition) is 1. The highest BCUT2D eigenvalue weighted by Crippen LogP contribution is 2.19. The monoisotopic (exact) mass is 244 g/mol. The van der Waals surface area contributed by atoms with Gasteiger partial charge in [0.05, 0.1) is 0 Å². The van der Waals surface area contributed by atoms with Crippen molar-refractivity contribution in [3.8, 4) is 0 Å². The van der Waals surface area contributed by atoms with Crippen LogP contribution in [-0.2, 0) is 0 Å². The van der Waals surface area contributed by atoms with Gasteiger partial charge in [0.25, 0.3) is 0 Å². The molecule has 2 rings (SSSR count). The zero-order valence-electron chi connectivity index (χ0n) is 11.1. The Labute approximate surface area is 108 Å². The molecular weight excluding hydrogens is 224 g/mol. The molecule has 0 aliphatic heterocycles. The highest BCUT2D eigenvalue weighted by Gasteiger charge is 2.12. The summed E-state index contributed by atoms with van der Waals surface area (Å²) in [7, 11) is 0. The molecule has 1 aromatic heterocycles. The minimum atomic E-state index is 0.222. The maximum absolute atomic E-state index is 12.2. The second kappa shape index (κ2) is 5.83. The van der Waals surface area contributed by atoms with Gasteiger partial charge < -0.3 is 9.88 Å². The lowest BCUT2D eigenvalue weighted by atomic mass is 10.1. The van der Waals surface area contributed by atoms with E-state index in [0.29, 0.717) is 6.42 Å². The molecule has 0 aliphatic rings. The van der Waals surface area contributed by atoms with Crippen LogP contribution in [0.15, 0.2) is 30.5 Å². The largest absolute Gasteiger partial charge is 0.360 e. The summed E-state index contributed by atoms with van der Waals surface area (Å²) in [6, 6.07) is 7.94. The van der Waals surface area contributed by atoms with Crippen LogP contribution in [0, 0.1) is 0 Å². The number of aromatic amines is 1. The summed E-state index contributed by atoms with van der Waals surface area (Å²) in [4.78, 5) is 17.6. The molecule has 0 atom stereocenters. The molecular formula is C15H20N2O. The summed E-state index contributed by atoms with van der Waals surface area (Å²) in [6.07, 6.45) is 2.42. The molecule has 3 nitrogen and oxygen atoms in total. The molecule has 0 unspecified atom stereocenters. The summed E-state index contributed by atoms with van der Waals surface area (Å²) in [5.74, 6) is 0.222. The molecule has 1 heterocycles. The summed E-state index contributed by atoms with van der Waals surface area (Å²) >= 11 is 0. The summed E-state index contributed by atoms with van der Waals surface area (Å²) in [5, 5.41) is 1.03. The van der Waals surface area contributed by atoms with Crippen LogP contribution in [0.3, 0.4) is 0 Å². The van der Waals surface area contributed by atoms with Gasteiger partial charge in [0.2, 0.25) is 0 Å². The minimum absolute atomic E-state index is 0.222. The van der Waals surface area contributed by atoms with Crippen LogP contribution >= 0.6 is 0 Å². The number of carbonyl (C=O) groups is 1. The fourth-order valence-corrected chi connectivity index (χ4v) is 2.24. The topological polar surface area (TPSA) is 36.1 Å². The van der Waals surface area contributed by atoms with E-state index < -0.39 is 0 Å². The number of ketones is 1. The fraction of sp³-hybridized carbons (Fsp3) is 0.400. The lowest BCUT2D eigenvalue weighted by Crippen LogP contribution is -2.25. The average molecular weight is 244 g/mol. The predicted molar refractivity (Wildman–Crippen MR) is 75.0 cm³/mol. The zero-order valence-corrected chi connectivity index (χ0v) is 11.1. The molecule has 96 valence electrons. The minimum Gasteiger partial charge on any atom is -0.360 e. The SMILES string of the molecule is CCN(CC)CCC(=O)c1c[nH]c2ccccc12. The first kappa shape index (κ1) is 12.8. The van der Waals surface area contributed by atoms with Gasteiger partial charge in [-0.15, -0.1) is 0 Å². The highest BCUT2D eigenvalue weighted by molar-refractivity contribution is 6.07. The zero-order chi connectivity index (χ0) is 13.0. The van der Waals surface area contributed by atoms with Crippen molar-refractivity contribution in [1.82, 2.24) is 9.88 Å². The Balaban J connectivity index is 2.09. The first-order valence-corrected chi connectivity index (χ1v) is 6.58. The molecule has 2 aromatic rings. The molecule has 0 saturated carbocycles. The lowest BCUT2D eigenvalue weighted by Gasteiger charge is -2.16. The van der Waals surface area contributed by atoms with Crippen LogP contribution in [0.5, 0.6) is 0 Å². The van der Waals surface area contributed by atoms with Crippen molar-refractivity contribution in [3.63, 3.8) is 0 Å². The number of fused-ring (bicyclic) bond motifs is 1. The number of nitrogens with zero attached hydrogens (tertiary/aromatic N) is 1. The summed E-state index contributed by atoms with van der Waals surface area (Å²) < 4.78 is 0. The number of Topliss-reactive ketones (excluding diaryl/α,β-unsaturated/α-hetero) is 1. The number of carbonyl (C=O) groups excluding carboxylic acids is 1. The standard InChI is InChI=1S/C15H20N2O/c1-3-17(4-2)10-9-15(18)13-11-16-14-8-6-5-7-12(13)14/h5-8,11,16H,3-4,9-10H2,1-2H3. The van der Waals surface area contributed by atoms with Crippen molar-refractivity contribution < 1.29 is 4.79 Å². The van der Waals surface area contributed by atoms with E-state index in [1.54, 1.807) is 0 Å². The molecule has 0 radical (unpaired) electrons. The quantitative estimate of drug-likeness (QED) is 0.793.